The van der Waals surface area contributed by atoms with E-state index in [4.69, 9.17) is 16.1 Å². The molecule has 0 saturated carbocycles. The molecule has 168 valence electrons. The van der Waals surface area contributed by atoms with E-state index in [-0.39, 0.29) is 11.5 Å². The van der Waals surface area contributed by atoms with Crippen molar-refractivity contribution in [2.75, 3.05) is 5.32 Å². The summed E-state index contributed by atoms with van der Waals surface area (Å²) in [5, 5.41) is 16.6. The number of hydrogen-bond donors (Lipinski definition) is 1. The third-order valence-electron chi connectivity index (χ3n) is 5.47. The van der Waals surface area contributed by atoms with E-state index in [0.29, 0.717) is 38.9 Å². The minimum Gasteiger partial charge on any atom is -0.355 e. The molecule has 0 bridgehead atoms. The number of halogens is 1. The number of carbonyl (C=O) groups is 2. The number of benzene rings is 3. The molecule has 1 amide bonds. The van der Waals surface area contributed by atoms with Crippen LogP contribution in [0.3, 0.4) is 0 Å². The molecule has 9 heteroatoms. The summed E-state index contributed by atoms with van der Waals surface area (Å²) in [4.78, 5) is 24.2. The third-order valence-corrected chi connectivity index (χ3v) is 5.72. The van der Waals surface area contributed by atoms with Crippen molar-refractivity contribution >= 4 is 39.9 Å². The summed E-state index contributed by atoms with van der Waals surface area (Å²) in [5.74, 6) is 0.172. The van der Waals surface area contributed by atoms with Gasteiger partial charge in [0.25, 0.3) is 5.91 Å². The summed E-state index contributed by atoms with van der Waals surface area (Å²) in [6, 6.07) is 19.5. The van der Waals surface area contributed by atoms with Crippen LogP contribution < -0.4 is 5.32 Å². The van der Waals surface area contributed by atoms with Crippen LogP contribution in [0.5, 0.6) is 0 Å². The third kappa shape index (κ3) is 3.95. The van der Waals surface area contributed by atoms with E-state index in [1.807, 2.05) is 30.3 Å². The summed E-state index contributed by atoms with van der Waals surface area (Å²) in [6.45, 7) is 3.26. The predicted molar refractivity (Wildman–Crippen MR) is 129 cm³/mol. The van der Waals surface area contributed by atoms with Gasteiger partial charge in [0.1, 0.15) is 5.52 Å². The first-order valence-corrected chi connectivity index (χ1v) is 10.8. The number of aromatic nitrogens is 4. The molecule has 0 fully saturated rings. The molecule has 0 unspecified atom stereocenters. The van der Waals surface area contributed by atoms with Crippen LogP contribution in [0.25, 0.3) is 27.9 Å². The molecule has 0 radical (unpaired) electrons. The van der Waals surface area contributed by atoms with Gasteiger partial charge in [0.2, 0.25) is 0 Å². The molecule has 0 spiro atoms. The van der Waals surface area contributed by atoms with Gasteiger partial charge in [0.05, 0.1) is 16.8 Å². The molecule has 0 aliphatic heterocycles. The second kappa shape index (κ2) is 8.57. The molecular formula is C25H18ClN5O3. The molecule has 5 aromatic rings. The zero-order valence-corrected chi connectivity index (χ0v) is 19.0. The lowest BCUT2D eigenvalue weighted by atomic mass is 10.1. The number of carbonyl (C=O) groups excluding carboxylic acids is 2. The predicted octanol–water partition coefficient (Wildman–Crippen LogP) is 5.49. The highest BCUT2D eigenvalue weighted by atomic mass is 35.5. The van der Waals surface area contributed by atoms with E-state index < -0.39 is 5.91 Å². The highest BCUT2D eigenvalue weighted by molar-refractivity contribution is 6.30. The SMILES string of the molecule is CC(=O)c1ccc(NC(=O)c2nnn(-c3ccc4noc(-c5ccc(Cl)cc5)c4c3)c2C)cc1. The number of nitrogens with one attached hydrogen (secondary N) is 1. The van der Waals surface area contributed by atoms with Crippen LogP contribution in [0.2, 0.25) is 5.02 Å². The first kappa shape index (κ1) is 21.5. The Balaban J connectivity index is 1.44. The number of ketones is 1. The smallest absolute Gasteiger partial charge is 0.278 e. The second-order valence-electron chi connectivity index (χ2n) is 7.74. The monoisotopic (exact) mass is 471 g/mol. The van der Waals surface area contributed by atoms with Crippen LogP contribution in [-0.4, -0.2) is 31.8 Å². The molecule has 1 N–H and O–H groups in total. The minimum absolute atomic E-state index is 0.0410. The first-order chi connectivity index (χ1) is 16.4. The largest absolute Gasteiger partial charge is 0.355 e. The maximum Gasteiger partial charge on any atom is 0.278 e. The van der Waals surface area contributed by atoms with Gasteiger partial charge in [0.15, 0.2) is 17.2 Å². The Morgan fingerprint density at radius 1 is 1.00 bits per heavy atom. The van der Waals surface area contributed by atoms with E-state index >= 15 is 0 Å². The van der Waals surface area contributed by atoms with E-state index in [1.165, 1.54) is 6.92 Å². The quantitative estimate of drug-likeness (QED) is 0.340. The molecule has 2 aromatic heterocycles. The highest BCUT2D eigenvalue weighted by Gasteiger charge is 2.19. The summed E-state index contributed by atoms with van der Waals surface area (Å²) in [6.07, 6.45) is 0. The first-order valence-electron chi connectivity index (χ1n) is 10.4. The van der Waals surface area contributed by atoms with Gasteiger partial charge in [-0.2, -0.15) is 0 Å². The summed E-state index contributed by atoms with van der Waals surface area (Å²) < 4.78 is 7.16. The molecule has 3 aromatic carbocycles. The topological polar surface area (TPSA) is 103 Å². The van der Waals surface area contributed by atoms with E-state index in [2.05, 4.69) is 20.8 Å². The lowest BCUT2D eigenvalue weighted by Crippen LogP contribution is -2.14. The van der Waals surface area contributed by atoms with E-state index in [0.717, 1.165) is 10.9 Å². The zero-order chi connectivity index (χ0) is 23.8. The van der Waals surface area contributed by atoms with Crippen molar-refractivity contribution in [3.63, 3.8) is 0 Å². The summed E-state index contributed by atoms with van der Waals surface area (Å²) in [7, 11) is 0. The standard InChI is InChI=1S/C25H18ClN5O3/c1-14-23(25(33)27-19-9-5-16(6-10-19)15(2)32)28-30-31(14)20-11-12-22-21(13-20)24(34-29-22)17-3-7-18(26)8-4-17/h3-13H,1-2H3,(H,27,33). The average molecular weight is 472 g/mol. The van der Waals surface area contributed by atoms with Gasteiger partial charge in [-0.25, -0.2) is 4.68 Å². The number of amides is 1. The zero-order valence-electron chi connectivity index (χ0n) is 18.2. The van der Waals surface area contributed by atoms with Crippen molar-refractivity contribution < 1.29 is 14.1 Å². The lowest BCUT2D eigenvalue weighted by Gasteiger charge is -2.06. The number of anilines is 1. The maximum atomic E-state index is 12.8. The molecule has 34 heavy (non-hydrogen) atoms. The fourth-order valence-electron chi connectivity index (χ4n) is 3.63. The van der Waals surface area contributed by atoms with E-state index in [1.54, 1.807) is 48.0 Å². The van der Waals surface area contributed by atoms with Crippen molar-refractivity contribution in [3.8, 4) is 17.0 Å². The molecule has 8 nitrogen and oxygen atoms in total. The maximum absolute atomic E-state index is 12.8. The second-order valence-corrected chi connectivity index (χ2v) is 8.18. The molecule has 0 aliphatic carbocycles. The molecule has 2 heterocycles. The van der Waals surface area contributed by atoms with Gasteiger partial charge in [-0.1, -0.05) is 22.0 Å². The van der Waals surface area contributed by atoms with Crippen molar-refractivity contribution in [1.82, 2.24) is 20.2 Å². The Hall–Kier alpha value is -4.30. The van der Waals surface area contributed by atoms with Gasteiger partial charge in [-0.05, 0) is 80.6 Å². The Morgan fingerprint density at radius 3 is 2.44 bits per heavy atom. The Labute approximate surface area is 199 Å². The average Bonchev–Trinajstić information content (AvgIpc) is 3.43. The normalized spacial score (nSPS) is 11.0. The van der Waals surface area contributed by atoms with Gasteiger partial charge in [-0.3, -0.25) is 9.59 Å². The molecule has 5 rings (SSSR count). The number of hydrogen-bond acceptors (Lipinski definition) is 6. The van der Waals surface area contributed by atoms with Crippen LogP contribution in [-0.2, 0) is 0 Å². The highest BCUT2D eigenvalue weighted by Crippen LogP contribution is 2.31. The lowest BCUT2D eigenvalue weighted by molar-refractivity contribution is 0.101. The van der Waals surface area contributed by atoms with Crippen LogP contribution in [0, 0.1) is 6.92 Å². The minimum atomic E-state index is -0.396. The summed E-state index contributed by atoms with van der Waals surface area (Å²) >= 11 is 6.00. The Morgan fingerprint density at radius 2 is 1.74 bits per heavy atom. The van der Waals surface area contributed by atoms with Gasteiger partial charge in [0, 0.05) is 21.8 Å². The Bertz CT molecular complexity index is 1540. The van der Waals surface area contributed by atoms with E-state index in [9.17, 15) is 9.59 Å². The van der Waals surface area contributed by atoms with Crippen LogP contribution in [0.15, 0.2) is 71.3 Å². The van der Waals surface area contributed by atoms with Crippen molar-refractivity contribution in [3.05, 3.63) is 88.7 Å². The summed E-state index contributed by atoms with van der Waals surface area (Å²) in [5.41, 5.74) is 4.14. The molecule has 0 atom stereocenters. The number of rotatable bonds is 5. The van der Waals surface area contributed by atoms with Crippen LogP contribution in [0.4, 0.5) is 5.69 Å². The number of nitrogens with zero attached hydrogens (tertiary/aromatic N) is 4. The van der Waals surface area contributed by atoms with Gasteiger partial charge < -0.3 is 9.84 Å². The van der Waals surface area contributed by atoms with Crippen molar-refractivity contribution in [1.29, 1.82) is 0 Å². The van der Waals surface area contributed by atoms with Crippen LogP contribution in [0.1, 0.15) is 33.5 Å². The fourth-order valence-corrected chi connectivity index (χ4v) is 3.76. The van der Waals surface area contributed by atoms with Crippen molar-refractivity contribution in [2.24, 2.45) is 0 Å². The molecule has 0 aliphatic rings. The van der Waals surface area contributed by atoms with Gasteiger partial charge in [-0.15, -0.1) is 5.10 Å². The van der Waals surface area contributed by atoms with Crippen molar-refractivity contribution in [2.45, 2.75) is 13.8 Å². The number of Topliss-reactive ketones (excluding diaryl/α,β-unsaturated/α-hetero) is 1. The molecule has 0 saturated heterocycles. The fraction of sp³-hybridized carbons (Fsp3) is 0.0800. The van der Waals surface area contributed by atoms with Gasteiger partial charge >= 0.3 is 0 Å². The van der Waals surface area contributed by atoms with Crippen LogP contribution >= 0.6 is 11.6 Å². The Kier molecular flexibility index (Phi) is 5.43. The number of fused-ring (bicyclic) bond motifs is 1. The molecular weight excluding hydrogens is 454 g/mol.